The molecule has 0 aromatic heterocycles. The van der Waals surface area contributed by atoms with Gasteiger partial charge in [-0.15, -0.1) is 0 Å². The third-order valence-electron chi connectivity index (χ3n) is 3.01. The Balaban J connectivity index is 0.000000711. The molecule has 0 spiro atoms. The molecule has 0 unspecified atom stereocenters. The van der Waals surface area contributed by atoms with E-state index >= 15 is 0 Å². The van der Waals surface area contributed by atoms with Gasteiger partial charge in [-0.2, -0.15) is 0 Å². The van der Waals surface area contributed by atoms with Gasteiger partial charge >= 0.3 is 0 Å². The number of rotatable bonds is 8. The highest BCUT2D eigenvalue weighted by molar-refractivity contribution is 5.31. The molecule has 2 N–H and O–H groups in total. The SMILES string of the molecule is CCCCCCCCc1ccccc1O.CCCO. The van der Waals surface area contributed by atoms with E-state index in [1.54, 1.807) is 6.07 Å². The number of phenols is 1. The van der Waals surface area contributed by atoms with E-state index < -0.39 is 0 Å². The van der Waals surface area contributed by atoms with E-state index in [1.807, 2.05) is 25.1 Å². The maximum atomic E-state index is 9.55. The van der Waals surface area contributed by atoms with Crippen LogP contribution in [0.5, 0.6) is 5.75 Å². The molecule has 1 rings (SSSR count). The van der Waals surface area contributed by atoms with Crippen molar-refractivity contribution in [3.8, 4) is 5.75 Å². The Labute approximate surface area is 118 Å². The first kappa shape index (κ1) is 18.0. The van der Waals surface area contributed by atoms with Crippen molar-refractivity contribution in [3.63, 3.8) is 0 Å². The molecule has 0 radical (unpaired) electrons. The average Bonchev–Trinajstić information content (AvgIpc) is 2.45. The van der Waals surface area contributed by atoms with Gasteiger partial charge in [0.05, 0.1) is 0 Å². The Morgan fingerprint density at radius 2 is 1.42 bits per heavy atom. The Bertz CT molecular complexity index is 295. The van der Waals surface area contributed by atoms with Gasteiger partial charge in [0.25, 0.3) is 0 Å². The maximum Gasteiger partial charge on any atom is 0.118 e. The quantitative estimate of drug-likeness (QED) is 0.670. The minimum absolute atomic E-state index is 0.319. The molecular weight excluding hydrogens is 236 g/mol. The summed E-state index contributed by atoms with van der Waals surface area (Å²) in [6.07, 6.45) is 9.73. The summed E-state index contributed by atoms with van der Waals surface area (Å²) in [4.78, 5) is 0. The molecule has 0 heterocycles. The second kappa shape index (κ2) is 13.4. The van der Waals surface area contributed by atoms with Crippen LogP contribution in [0.1, 0.15) is 64.4 Å². The standard InChI is InChI=1S/C14H22O.C3H8O/c1-2-3-4-5-6-7-10-13-11-8-9-12-14(13)15;1-2-3-4/h8-9,11-12,15H,2-7,10H2,1H3;4H,2-3H2,1H3. The van der Waals surface area contributed by atoms with Crippen LogP contribution >= 0.6 is 0 Å². The number of aromatic hydroxyl groups is 1. The fraction of sp³-hybridized carbons (Fsp3) is 0.647. The summed E-state index contributed by atoms with van der Waals surface area (Å²) in [7, 11) is 0. The minimum atomic E-state index is 0.319. The highest BCUT2D eigenvalue weighted by atomic mass is 16.3. The van der Waals surface area contributed by atoms with Crippen LogP contribution in [-0.4, -0.2) is 16.8 Å². The van der Waals surface area contributed by atoms with Crippen molar-refractivity contribution in [1.82, 2.24) is 0 Å². The second-order valence-corrected chi connectivity index (χ2v) is 4.87. The summed E-state index contributed by atoms with van der Waals surface area (Å²) in [5.74, 6) is 0.450. The Kier molecular flexibility index (Phi) is 12.7. The van der Waals surface area contributed by atoms with Crippen molar-refractivity contribution in [2.45, 2.75) is 65.2 Å². The lowest BCUT2D eigenvalue weighted by Gasteiger charge is -2.03. The lowest BCUT2D eigenvalue weighted by Crippen LogP contribution is -1.86. The number of aryl methyl sites for hydroxylation is 1. The zero-order valence-electron chi connectivity index (χ0n) is 12.6. The number of benzene rings is 1. The van der Waals surface area contributed by atoms with E-state index in [9.17, 15) is 5.11 Å². The number of unbranched alkanes of at least 4 members (excludes halogenated alkanes) is 5. The molecule has 1 aromatic rings. The smallest absolute Gasteiger partial charge is 0.118 e. The van der Waals surface area contributed by atoms with Crippen molar-refractivity contribution >= 4 is 0 Å². The molecule has 0 saturated heterocycles. The highest BCUT2D eigenvalue weighted by Crippen LogP contribution is 2.18. The maximum absolute atomic E-state index is 9.55. The van der Waals surface area contributed by atoms with Gasteiger partial charge in [-0.05, 0) is 30.9 Å². The first-order chi connectivity index (χ1) is 9.26. The van der Waals surface area contributed by atoms with Crippen molar-refractivity contribution in [2.75, 3.05) is 6.61 Å². The molecule has 0 aliphatic carbocycles. The van der Waals surface area contributed by atoms with E-state index in [4.69, 9.17) is 5.11 Å². The van der Waals surface area contributed by atoms with Crippen LogP contribution in [0.4, 0.5) is 0 Å². The summed E-state index contributed by atoms with van der Waals surface area (Å²) in [5, 5.41) is 17.4. The van der Waals surface area contributed by atoms with Gasteiger partial charge in [0.2, 0.25) is 0 Å². The molecule has 2 nitrogen and oxygen atoms in total. The summed E-state index contributed by atoms with van der Waals surface area (Å²) in [6.45, 7) is 4.49. The van der Waals surface area contributed by atoms with Crippen LogP contribution < -0.4 is 0 Å². The molecule has 1 aromatic carbocycles. The van der Waals surface area contributed by atoms with Crippen LogP contribution in [0.15, 0.2) is 24.3 Å². The van der Waals surface area contributed by atoms with Crippen LogP contribution in [0.25, 0.3) is 0 Å². The molecule has 0 amide bonds. The van der Waals surface area contributed by atoms with E-state index in [-0.39, 0.29) is 0 Å². The summed E-state index contributed by atoms with van der Waals surface area (Å²) in [6, 6.07) is 7.65. The number of hydrogen-bond acceptors (Lipinski definition) is 2. The van der Waals surface area contributed by atoms with Crippen LogP contribution in [0.3, 0.4) is 0 Å². The summed E-state index contributed by atoms with van der Waals surface area (Å²) >= 11 is 0. The largest absolute Gasteiger partial charge is 0.508 e. The molecule has 0 bridgehead atoms. The molecule has 0 aliphatic heterocycles. The zero-order chi connectivity index (χ0) is 14.3. The fourth-order valence-electron chi connectivity index (χ4n) is 1.82. The van der Waals surface area contributed by atoms with Gasteiger partial charge < -0.3 is 10.2 Å². The Hall–Kier alpha value is -1.02. The molecule has 2 heteroatoms. The van der Waals surface area contributed by atoms with Gasteiger partial charge in [0.15, 0.2) is 0 Å². The predicted octanol–water partition coefficient (Wildman–Crippen LogP) is 4.68. The summed E-state index contributed by atoms with van der Waals surface area (Å²) < 4.78 is 0. The number of aliphatic hydroxyl groups excluding tert-OH is 1. The van der Waals surface area contributed by atoms with E-state index in [2.05, 4.69) is 6.92 Å². The number of aliphatic hydroxyl groups is 1. The van der Waals surface area contributed by atoms with Gasteiger partial charge in [-0.1, -0.05) is 64.2 Å². The molecule has 0 saturated carbocycles. The van der Waals surface area contributed by atoms with Gasteiger partial charge in [-0.3, -0.25) is 0 Å². The first-order valence-electron chi connectivity index (χ1n) is 7.63. The van der Waals surface area contributed by atoms with E-state index in [0.29, 0.717) is 12.4 Å². The average molecular weight is 266 g/mol. The van der Waals surface area contributed by atoms with Gasteiger partial charge in [-0.25, -0.2) is 0 Å². The number of para-hydroxylation sites is 1. The second-order valence-electron chi connectivity index (χ2n) is 4.87. The predicted molar refractivity (Wildman–Crippen MR) is 82.6 cm³/mol. The van der Waals surface area contributed by atoms with Gasteiger partial charge in [0.1, 0.15) is 5.75 Å². The first-order valence-corrected chi connectivity index (χ1v) is 7.63. The summed E-state index contributed by atoms with van der Waals surface area (Å²) in [5.41, 5.74) is 1.09. The molecular formula is C17H30O2. The molecule has 0 aliphatic rings. The van der Waals surface area contributed by atoms with Crippen LogP contribution in [0.2, 0.25) is 0 Å². The molecule has 19 heavy (non-hydrogen) atoms. The monoisotopic (exact) mass is 266 g/mol. The van der Waals surface area contributed by atoms with Crippen molar-refractivity contribution in [1.29, 1.82) is 0 Å². The third-order valence-corrected chi connectivity index (χ3v) is 3.01. The Morgan fingerprint density at radius 1 is 0.842 bits per heavy atom. The zero-order valence-corrected chi connectivity index (χ0v) is 12.6. The van der Waals surface area contributed by atoms with E-state index in [0.717, 1.165) is 18.4 Å². The van der Waals surface area contributed by atoms with E-state index in [1.165, 1.54) is 38.5 Å². The van der Waals surface area contributed by atoms with Crippen molar-refractivity contribution < 1.29 is 10.2 Å². The van der Waals surface area contributed by atoms with Crippen molar-refractivity contribution in [3.05, 3.63) is 29.8 Å². The van der Waals surface area contributed by atoms with Gasteiger partial charge in [0, 0.05) is 6.61 Å². The topological polar surface area (TPSA) is 40.5 Å². The highest BCUT2D eigenvalue weighted by Gasteiger charge is 1.98. The molecule has 0 fully saturated rings. The molecule has 110 valence electrons. The lowest BCUT2D eigenvalue weighted by atomic mass is 10.0. The van der Waals surface area contributed by atoms with Crippen molar-refractivity contribution in [2.24, 2.45) is 0 Å². The van der Waals surface area contributed by atoms with Crippen LogP contribution in [-0.2, 0) is 6.42 Å². The van der Waals surface area contributed by atoms with Crippen LogP contribution in [0, 0.1) is 0 Å². The number of hydrogen-bond donors (Lipinski definition) is 2. The lowest BCUT2D eigenvalue weighted by molar-refractivity contribution is 0.295. The number of phenolic OH excluding ortho intramolecular Hbond substituents is 1. The third kappa shape index (κ3) is 10.6. The normalized spacial score (nSPS) is 9.84. The molecule has 0 atom stereocenters. The Morgan fingerprint density at radius 3 is 2.00 bits per heavy atom. The minimum Gasteiger partial charge on any atom is -0.508 e. The fourth-order valence-corrected chi connectivity index (χ4v) is 1.82.